The zero-order valence-corrected chi connectivity index (χ0v) is 12.7. The number of nitrogen functional groups attached to an aromatic ring is 1. The highest BCUT2D eigenvalue weighted by Gasteiger charge is 2.23. The molecule has 1 fully saturated rings. The summed E-state index contributed by atoms with van der Waals surface area (Å²) in [6.07, 6.45) is 1.09. The van der Waals surface area contributed by atoms with Crippen molar-refractivity contribution in [1.29, 1.82) is 0 Å². The van der Waals surface area contributed by atoms with Gasteiger partial charge in [-0.25, -0.2) is 15.8 Å². The van der Waals surface area contributed by atoms with Crippen molar-refractivity contribution in [2.45, 2.75) is 46.1 Å². The van der Waals surface area contributed by atoms with Crippen molar-refractivity contribution < 1.29 is 4.74 Å². The molecule has 0 amide bonds. The van der Waals surface area contributed by atoms with Gasteiger partial charge in [-0.05, 0) is 20.3 Å². The Morgan fingerprint density at radius 2 is 1.95 bits per heavy atom. The molecule has 0 bridgehead atoms. The Kier molecular flexibility index (Phi) is 4.77. The van der Waals surface area contributed by atoms with Gasteiger partial charge in [-0.1, -0.05) is 13.8 Å². The zero-order valence-electron chi connectivity index (χ0n) is 12.7. The lowest BCUT2D eigenvalue weighted by Crippen LogP contribution is -2.28. The number of ether oxygens (including phenoxy) is 1. The number of hydrazine groups is 1. The van der Waals surface area contributed by atoms with Crippen LogP contribution in [-0.4, -0.2) is 29.2 Å². The van der Waals surface area contributed by atoms with Gasteiger partial charge < -0.3 is 15.5 Å². The summed E-state index contributed by atoms with van der Waals surface area (Å²) >= 11 is 0. The van der Waals surface area contributed by atoms with Crippen LogP contribution in [0.15, 0.2) is 0 Å². The van der Waals surface area contributed by atoms with Crippen LogP contribution in [0.2, 0.25) is 0 Å². The molecule has 2 unspecified atom stereocenters. The number of nitrogens with two attached hydrogens (primary N) is 1. The molecular weight excluding hydrogens is 254 g/mol. The maximum absolute atomic E-state index is 5.55. The largest absolute Gasteiger partial charge is 0.381 e. The molecule has 1 aliphatic rings. The molecule has 0 saturated carbocycles. The van der Waals surface area contributed by atoms with Gasteiger partial charge >= 0.3 is 0 Å². The second-order valence-electron chi connectivity index (χ2n) is 5.76. The van der Waals surface area contributed by atoms with Gasteiger partial charge in [0.05, 0.1) is 6.61 Å². The van der Waals surface area contributed by atoms with Crippen molar-refractivity contribution in [1.82, 2.24) is 9.97 Å². The molecule has 2 heterocycles. The normalized spacial score (nSPS) is 20.2. The van der Waals surface area contributed by atoms with Crippen LogP contribution in [-0.2, 0) is 4.74 Å². The summed E-state index contributed by atoms with van der Waals surface area (Å²) in [6.45, 7) is 9.96. The van der Waals surface area contributed by atoms with Gasteiger partial charge in [0.1, 0.15) is 17.5 Å². The fourth-order valence-electron chi connectivity index (χ4n) is 2.35. The maximum Gasteiger partial charge on any atom is 0.148 e. The Bertz CT molecular complexity index is 457. The van der Waals surface area contributed by atoms with E-state index in [1.54, 1.807) is 0 Å². The Morgan fingerprint density at radius 1 is 1.25 bits per heavy atom. The molecule has 2 atom stereocenters. The number of rotatable bonds is 5. The third-order valence-electron chi connectivity index (χ3n) is 3.85. The molecule has 1 aromatic heterocycles. The standard InChI is InChI=1S/C14H25N5O/c1-8(2)12-17-13(9(3)14(18-12)19-15)16-10(4)11-5-6-20-7-11/h8,10-11H,5-7,15H2,1-4H3,(H2,16,17,18,19). The van der Waals surface area contributed by atoms with Gasteiger partial charge in [-0.15, -0.1) is 0 Å². The third kappa shape index (κ3) is 3.19. The summed E-state index contributed by atoms with van der Waals surface area (Å²) in [7, 11) is 0. The van der Waals surface area contributed by atoms with E-state index < -0.39 is 0 Å². The van der Waals surface area contributed by atoms with Gasteiger partial charge in [0.25, 0.3) is 0 Å². The first-order chi connectivity index (χ1) is 9.52. The first-order valence-corrected chi connectivity index (χ1v) is 7.22. The third-order valence-corrected chi connectivity index (χ3v) is 3.85. The maximum atomic E-state index is 5.55. The van der Waals surface area contributed by atoms with Crippen LogP contribution in [0.25, 0.3) is 0 Å². The summed E-state index contributed by atoms with van der Waals surface area (Å²) in [5.74, 6) is 8.67. The molecular formula is C14H25N5O. The van der Waals surface area contributed by atoms with Gasteiger partial charge in [0, 0.05) is 30.0 Å². The Balaban J connectivity index is 2.22. The highest BCUT2D eigenvalue weighted by Crippen LogP contribution is 2.25. The van der Waals surface area contributed by atoms with Gasteiger partial charge in [0.15, 0.2) is 0 Å². The van der Waals surface area contributed by atoms with Crippen molar-refractivity contribution >= 4 is 11.6 Å². The monoisotopic (exact) mass is 279 g/mol. The summed E-state index contributed by atoms with van der Waals surface area (Å²) in [6, 6.07) is 0.316. The molecule has 6 heteroatoms. The van der Waals surface area contributed by atoms with Crippen LogP contribution in [0, 0.1) is 12.8 Å². The Hall–Kier alpha value is -1.40. The van der Waals surface area contributed by atoms with Gasteiger partial charge in [-0.2, -0.15) is 0 Å². The average Bonchev–Trinajstić information content (AvgIpc) is 2.94. The molecule has 1 aliphatic heterocycles. The zero-order chi connectivity index (χ0) is 14.7. The number of aromatic nitrogens is 2. The van der Waals surface area contributed by atoms with Crippen LogP contribution < -0.4 is 16.6 Å². The molecule has 0 radical (unpaired) electrons. The Morgan fingerprint density at radius 3 is 2.50 bits per heavy atom. The quantitative estimate of drug-likeness (QED) is 0.565. The van der Waals surface area contributed by atoms with Crippen LogP contribution in [0.4, 0.5) is 11.6 Å². The molecule has 20 heavy (non-hydrogen) atoms. The van der Waals surface area contributed by atoms with Crippen LogP contribution in [0.1, 0.15) is 44.5 Å². The van der Waals surface area contributed by atoms with Crippen LogP contribution in [0.5, 0.6) is 0 Å². The fraction of sp³-hybridized carbons (Fsp3) is 0.714. The van der Waals surface area contributed by atoms with E-state index in [-0.39, 0.29) is 5.92 Å². The van der Waals surface area contributed by atoms with E-state index in [4.69, 9.17) is 10.6 Å². The first-order valence-electron chi connectivity index (χ1n) is 7.22. The molecule has 2 rings (SSSR count). The Labute approximate surface area is 120 Å². The molecule has 4 N–H and O–H groups in total. The van der Waals surface area contributed by atoms with Crippen molar-refractivity contribution in [3.63, 3.8) is 0 Å². The molecule has 1 saturated heterocycles. The van der Waals surface area contributed by atoms with Crippen molar-refractivity contribution in [2.24, 2.45) is 11.8 Å². The molecule has 1 aromatic rings. The van der Waals surface area contributed by atoms with Gasteiger partial charge in [-0.3, -0.25) is 0 Å². The van der Waals surface area contributed by atoms with Gasteiger partial charge in [0.2, 0.25) is 0 Å². The highest BCUT2D eigenvalue weighted by atomic mass is 16.5. The highest BCUT2D eigenvalue weighted by molar-refractivity contribution is 5.57. The van der Waals surface area contributed by atoms with E-state index in [1.165, 1.54) is 0 Å². The SMILES string of the molecule is Cc1c(NN)nc(C(C)C)nc1NC(C)C1CCOC1. The first kappa shape index (κ1) is 15.0. The molecule has 0 aliphatic carbocycles. The molecule has 0 spiro atoms. The number of hydrogen-bond donors (Lipinski definition) is 3. The summed E-state index contributed by atoms with van der Waals surface area (Å²) < 4.78 is 5.45. The summed E-state index contributed by atoms with van der Waals surface area (Å²) in [5, 5.41) is 3.50. The number of hydrogen-bond acceptors (Lipinski definition) is 6. The smallest absolute Gasteiger partial charge is 0.148 e. The molecule has 112 valence electrons. The summed E-state index contributed by atoms with van der Waals surface area (Å²) in [5.41, 5.74) is 3.60. The van der Waals surface area contributed by atoms with E-state index in [0.717, 1.165) is 36.8 Å². The topological polar surface area (TPSA) is 85.1 Å². The van der Waals surface area contributed by atoms with Crippen molar-refractivity contribution in [3.8, 4) is 0 Å². The van der Waals surface area contributed by atoms with E-state index in [1.807, 2.05) is 6.92 Å². The van der Waals surface area contributed by atoms with E-state index in [9.17, 15) is 0 Å². The second-order valence-corrected chi connectivity index (χ2v) is 5.76. The minimum atomic E-state index is 0.258. The average molecular weight is 279 g/mol. The van der Waals surface area contributed by atoms with Crippen LogP contribution >= 0.6 is 0 Å². The minimum absolute atomic E-state index is 0.258. The van der Waals surface area contributed by atoms with E-state index in [0.29, 0.717) is 17.8 Å². The lowest BCUT2D eigenvalue weighted by atomic mass is 10.0. The van der Waals surface area contributed by atoms with Crippen LogP contribution in [0.3, 0.4) is 0 Å². The number of nitrogens with one attached hydrogen (secondary N) is 2. The number of nitrogens with zero attached hydrogens (tertiary/aromatic N) is 2. The van der Waals surface area contributed by atoms with Crippen molar-refractivity contribution in [3.05, 3.63) is 11.4 Å². The lowest BCUT2D eigenvalue weighted by Gasteiger charge is -2.22. The predicted molar refractivity (Wildman–Crippen MR) is 80.7 cm³/mol. The molecule has 0 aromatic carbocycles. The van der Waals surface area contributed by atoms with E-state index in [2.05, 4.69) is 41.5 Å². The molecule has 6 nitrogen and oxygen atoms in total. The number of anilines is 2. The second kappa shape index (κ2) is 6.37. The van der Waals surface area contributed by atoms with E-state index >= 15 is 0 Å². The fourth-order valence-corrected chi connectivity index (χ4v) is 2.35. The van der Waals surface area contributed by atoms with Crippen molar-refractivity contribution in [2.75, 3.05) is 24.0 Å². The summed E-state index contributed by atoms with van der Waals surface area (Å²) in [4.78, 5) is 9.08. The minimum Gasteiger partial charge on any atom is -0.381 e. The lowest BCUT2D eigenvalue weighted by molar-refractivity contribution is 0.183. The predicted octanol–water partition coefficient (Wildman–Crippen LogP) is 2.03.